The second-order valence-corrected chi connectivity index (χ2v) is 6.87. The number of nitrogens with zero attached hydrogens (tertiary/aromatic N) is 1. The summed E-state index contributed by atoms with van der Waals surface area (Å²) in [6.45, 7) is 0. The van der Waals surface area contributed by atoms with Crippen molar-refractivity contribution in [2.75, 3.05) is 5.32 Å². The van der Waals surface area contributed by atoms with Crippen molar-refractivity contribution in [1.82, 2.24) is 9.97 Å². The van der Waals surface area contributed by atoms with Gasteiger partial charge in [-0.2, -0.15) is 0 Å². The summed E-state index contributed by atoms with van der Waals surface area (Å²) in [4.78, 5) is 32.4. The molecule has 26 heavy (non-hydrogen) atoms. The first-order valence-corrected chi connectivity index (χ1v) is 9.01. The van der Waals surface area contributed by atoms with Gasteiger partial charge in [-0.1, -0.05) is 41.9 Å². The highest BCUT2D eigenvalue weighted by Crippen LogP contribution is 2.25. The van der Waals surface area contributed by atoms with Gasteiger partial charge in [-0.3, -0.25) is 14.9 Å². The lowest BCUT2D eigenvalue weighted by molar-refractivity contribution is 0.102. The van der Waals surface area contributed by atoms with E-state index in [9.17, 15) is 9.59 Å². The van der Waals surface area contributed by atoms with Gasteiger partial charge < -0.3 is 4.98 Å². The lowest BCUT2D eigenvalue weighted by Crippen LogP contribution is -2.21. The van der Waals surface area contributed by atoms with Crippen molar-refractivity contribution in [2.24, 2.45) is 0 Å². The molecule has 2 N–H and O–H groups in total. The highest BCUT2D eigenvalue weighted by molar-refractivity contribution is 7.14. The molecule has 2 heterocycles. The second-order valence-electron chi connectivity index (χ2n) is 5.58. The number of H-pyrrole nitrogens is 1. The summed E-state index contributed by atoms with van der Waals surface area (Å²) < 4.78 is 0. The topological polar surface area (TPSA) is 74.8 Å². The van der Waals surface area contributed by atoms with E-state index in [0.29, 0.717) is 21.1 Å². The molecule has 0 bridgehead atoms. The fraction of sp³-hybridized carbons (Fsp3) is 0. The van der Waals surface area contributed by atoms with Crippen molar-refractivity contribution in [3.8, 4) is 11.3 Å². The number of rotatable bonds is 3. The maximum Gasteiger partial charge on any atom is 0.262 e. The van der Waals surface area contributed by atoms with Gasteiger partial charge >= 0.3 is 0 Å². The molecule has 4 rings (SSSR count). The molecule has 0 atom stereocenters. The molecule has 0 spiro atoms. The molecule has 5 nitrogen and oxygen atoms in total. The summed E-state index contributed by atoms with van der Waals surface area (Å²) in [7, 11) is 0. The van der Waals surface area contributed by atoms with E-state index in [1.54, 1.807) is 18.2 Å². The summed E-state index contributed by atoms with van der Waals surface area (Å²) in [6, 6.07) is 14.5. The number of nitrogens with one attached hydrogen (secondary N) is 2. The van der Waals surface area contributed by atoms with Gasteiger partial charge in [0.1, 0.15) is 5.56 Å². The standard InChI is InChI=1S/C19H12ClN3O2S/c20-12-6-7-13-15(8-12)21-9-14(17(13)24)18(25)23-19-22-16(10-26-19)11-4-2-1-3-5-11/h1-10H,(H,21,24)(H,22,23,25). The Morgan fingerprint density at radius 1 is 1.15 bits per heavy atom. The third-order valence-corrected chi connectivity index (χ3v) is 4.87. The van der Waals surface area contributed by atoms with Crippen LogP contribution in [0.1, 0.15) is 10.4 Å². The Kier molecular flexibility index (Phi) is 4.28. The number of anilines is 1. The van der Waals surface area contributed by atoms with Gasteiger partial charge in [-0.15, -0.1) is 11.3 Å². The number of fused-ring (bicyclic) bond motifs is 1. The number of carbonyl (C=O) groups is 1. The van der Waals surface area contributed by atoms with Gasteiger partial charge in [0.25, 0.3) is 5.91 Å². The minimum atomic E-state index is -0.503. The average Bonchev–Trinajstić information content (AvgIpc) is 3.11. The van der Waals surface area contributed by atoms with E-state index in [1.807, 2.05) is 35.7 Å². The number of carbonyl (C=O) groups excluding carboxylic acids is 1. The average molecular weight is 382 g/mol. The van der Waals surface area contributed by atoms with E-state index in [1.165, 1.54) is 17.5 Å². The van der Waals surface area contributed by atoms with Crippen molar-refractivity contribution in [1.29, 1.82) is 0 Å². The normalized spacial score (nSPS) is 10.8. The summed E-state index contributed by atoms with van der Waals surface area (Å²) in [5, 5.41) is 5.90. The van der Waals surface area contributed by atoms with Crippen LogP contribution < -0.4 is 10.7 Å². The first-order chi connectivity index (χ1) is 12.6. The number of thiazole rings is 1. The molecule has 0 aliphatic carbocycles. The van der Waals surface area contributed by atoms with E-state index in [-0.39, 0.29) is 11.0 Å². The largest absolute Gasteiger partial charge is 0.360 e. The summed E-state index contributed by atoms with van der Waals surface area (Å²) >= 11 is 7.23. The lowest BCUT2D eigenvalue weighted by Gasteiger charge is -2.04. The first-order valence-electron chi connectivity index (χ1n) is 7.75. The van der Waals surface area contributed by atoms with Crippen molar-refractivity contribution < 1.29 is 4.79 Å². The van der Waals surface area contributed by atoms with Crippen LogP contribution in [0.4, 0.5) is 5.13 Å². The van der Waals surface area contributed by atoms with Crippen LogP contribution in [0.15, 0.2) is 64.9 Å². The third-order valence-electron chi connectivity index (χ3n) is 3.88. The van der Waals surface area contributed by atoms with Gasteiger partial charge in [0.2, 0.25) is 5.43 Å². The van der Waals surface area contributed by atoms with Gasteiger partial charge in [0.05, 0.1) is 11.2 Å². The van der Waals surface area contributed by atoms with E-state index in [2.05, 4.69) is 15.3 Å². The molecule has 0 fully saturated rings. The fourth-order valence-corrected chi connectivity index (χ4v) is 3.49. The SMILES string of the molecule is O=C(Nc1nc(-c2ccccc2)cs1)c1c[nH]c2cc(Cl)ccc2c1=O. The molecular formula is C19H12ClN3O2S. The van der Waals surface area contributed by atoms with Crippen LogP contribution in [-0.2, 0) is 0 Å². The molecule has 0 unspecified atom stereocenters. The van der Waals surface area contributed by atoms with Gasteiger partial charge in [0.15, 0.2) is 5.13 Å². The van der Waals surface area contributed by atoms with Gasteiger partial charge in [-0.25, -0.2) is 4.98 Å². The number of benzene rings is 2. The van der Waals surface area contributed by atoms with Crippen molar-refractivity contribution >= 4 is 44.9 Å². The maximum absolute atomic E-state index is 12.6. The molecule has 0 radical (unpaired) electrons. The van der Waals surface area contributed by atoms with Crippen LogP contribution in [0.3, 0.4) is 0 Å². The third kappa shape index (κ3) is 3.12. The highest BCUT2D eigenvalue weighted by Gasteiger charge is 2.15. The molecule has 4 aromatic rings. The molecule has 7 heteroatoms. The molecule has 0 saturated heterocycles. The Morgan fingerprint density at radius 3 is 2.77 bits per heavy atom. The van der Waals surface area contributed by atoms with Gasteiger partial charge in [-0.05, 0) is 18.2 Å². The molecule has 128 valence electrons. The van der Waals surface area contributed by atoms with Gasteiger partial charge in [0, 0.05) is 27.5 Å². The Hall–Kier alpha value is -2.96. The smallest absolute Gasteiger partial charge is 0.262 e. The quantitative estimate of drug-likeness (QED) is 0.546. The molecule has 0 saturated carbocycles. The second kappa shape index (κ2) is 6.74. The zero-order valence-corrected chi connectivity index (χ0v) is 14.9. The Balaban J connectivity index is 1.62. The predicted octanol–water partition coefficient (Wildman–Crippen LogP) is 4.56. The Morgan fingerprint density at radius 2 is 1.96 bits per heavy atom. The number of halogens is 1. The number of pyridine rings is 1. The Labute approximate surface area is 157 Å². The molecule has 0 aliphatic heterocycles. The lowest BCUT2D eigenvalue weighted by atomic mass is 10.1. The predicted molar refractivity (Wildman–Crippen MR) is 105 cm³/mol. The molecule has 2 aromatic heterocycles. The number of hydrogen-bond donors (Lipinski definition) is 2. The van der Waals surface area contributed by atoms with E-state index in [4.69, 9.17) is 11.6 Å². The van der Waals surface area contributed by atoms with E-state index >= 15 is 0 Å². The van der Waals surface area contributed by atoms with E-state index in [0.717, 1.165) is 11.3 Å². The zero-order chi connectivity index (χ0) is 18.1. The number of aromatic amines is 1. The maximum atomic E-state index is 12.6. The summed E-state index contributed by atoms with van der Waals surface area (Å²) in [5.74, 6) is -0.503. The van der Waals surface area contributed by atoms with Crippen LogP contribution in [0.25, 0.3) is 22.2 Å². The van der Waals surface area contributed by atoms with Crippen molar-refractivity contribution in [3.63, 3.8) is 0 Å². The molecule has 2 aromatic carbocycles. The Bertz CT molecular complexity index is 1170. The van der Waals surface area contributed by atoms with Crippen molar-refractivity contribution in [2.45, 2.75) is 0 Å². The van der Waals surface area contributed by atoms with Crippen LogP contribution in [0, 0.1) is 0 Å². The van der Waals surface area contributed by atoms with Crippen molar-refractivity contribution in [3.05, 3.63) is 80.9 Å². The molecule has 1 amide bonds. The summed E-state index contributed by atoms with van der Waals surface area (Å²) in [5.41, 5.74) is 1.99. The highest BCUT2D eigenvalue weighted by atomic mass is 35.5. The first kappa shape index (κ1) is 16.5. The molecular weight excluding hydrogens is 370 g/mol. The molecule has 0 aliphatic rings. The van der Waals surface area contributed by atoms with Crippen LogP contribution in [-0.4, -0.2) is 15.9 Å². The zero-order valence-electron chi connectivity index (χ0n) is 13.3. The monoisotopic (exact) mass is 381 g/mol. The van der Waals surface area contributed by atoms with Crippen LogP contribution in [0.5, 0.6) is 0 Å². The number of hydrogen-bond acceptors (Lipinski definition) is 4. The van der Waals surface area contributed by atoms with E-state index < -0.39 is 5.91 Å². The summed E-state index contributed by atoms with van der Waals surface area (Å²) in [6.07, 6.45) is 1.39. The van der Waals surface area contributed by atoms with Crippen LogP contribution >= 0.6 is 22.9 Å². The van der Waals surface area contributed by atoms with Crippen LogP contribution in [0.2, 0.25) is 5.02 Å². The minimum absolute atomic E-state index is 0.0243. The fourth-order valence-electron chi connectivity index (χ4n) is 2.60. The minimum Gasteiger partial charge on any atom is -0.360 e. The number of amides is 1. The number of aromatic nitrogens is 2.